The minimum atomic E-state index is -0.158. The molecule has 0 aliphatic rings. The van der Waals surface area contributed by atoms with Gasteiger partial charge in [0.1, 0.15) is 5.75 Å². The van der Waals surface area contributed by atoms with Crippen LogP contribution < -0.4 is 10.1 Å². The number of benzene rings is 3. The largest absolute Gasteiger partial charge is 0.493 e. The normalized spacial score (nSPS) is 10.8. The van der Waals surface area contributed by atoms with E-state index in [4.69, 9.17) is 9.72 Å². The summed E-state index contributed by atoms with van der Waals surface area (Å²) in [4.78, 5) is 17.6. The van der Waals surface area contributed by atoms with E-state index in [1.54, 1.807) is 6.07 Å². The number of hydrogen-bond acceptors (Lipinski definition) is 3. The molecule has 1 heterocycles. The smallest absolute Gasteiger partial charge is 0.255 e. The van der Waals surface area contributed by atoms with E-state index in [9.17, 15) is 4.79 Å². The molecule has 4 rings (SSSR count). The minimum absolute atomic E-state index is 0.158. The molecule has 4 aromatic rings. The quantitative estimate of drug-likeness (QED) is 0.439. The first-order chi connectivity index (χ1) is 14.5. The molecule has 0 bridgehead atoms. The van der Waals surface area contributed by atoms with Crippen molar-refractivity contribution >= 4 is 22.5 Å². The first kappa shape index (κ1) is 19.6. The van der Waals surface area contributed by atoms with Gasteiger partial charge in [0.15, 0.2) is 0 Å². The van der Waals surface area contributed by atoms with Crippen molar-refractivity contribution in [2.45, 2.75) is 20.8 Å². The Morgan fingerprint density at radius 1 is 0.933 bits per heavy atom. The van der Waals surface area contributed by atoms with Gasteiger partial charge in [0.25, 0.3) is 5.91 Å². The van der Waals surface area contributed by atoms with Crippen LogP contribution in [0.4, 0.5) is 5.69 Å². The molecule has 1 amide bonds. The summed E-state index contributed by atoms with van der Waals surface area (Å²) in [6.07, 6.45) is 0. The van der Waals surface area contributed by atoms with Crippen molar-refractivity contribution in [3.8, 4) is 17.0 Å². The predicted molar refractivity (Wildman–Crippen MR) is 122 cm³/mol. The number of amides is 1. The number of carbonyl (C=O) groups is 1. The monoisotopic (exact) mass is 396 g/mol. The van der Waals surface area contributed by atoms with Gasteiger partial charge >= 0.3 is 0 Å². The average molecular weight is 396 g/mol. The Hall–Kier alpha value is -3.66. The number of aromatic nitrogens is 1. The van der Waals surface area contributed by atoms with Gasteiger partial charge in [-0.15, -0.1) is 0 Å². The Balaban J connectivity index is 1.71. The van der Waals surface area contributed by atoms with Gasteiger partial charge in [0.05, 0.1) is 17.8 Å². The summed E-state index contributed by atoms with van der Waals surface area (Å²) < 4.78 is 5.89. The lowest BCUT2D eigenvalue weighted by molar-refractivity contribution is 0.102. The van der Waals surface area contributed by atoms with Crippen molar-refractivity contribution in [3.05, 3.63) is 89.5 Å². The Labute approximate surface area is 176 Å². The maximum absolute atomic E-state index is 12.8. The van der Waals surface area contributed by atoms with E-state index in [2.05, 4.69) is 12.2 Å². The molecule has 0 atom stereocenters. The topological polar surface area (TPSA) is 51.2 Å². The third-order valence-corrected chi connectivity index (χ3v) is 5.17. The van der Waals surface area contributed by atoms with E-state index in [0.29, 0.717) is 12.2 Å². The van der Waals surface area contributed by atoms with Crippen LogP contribution in [0.5, 0.6) is 5.75 Å². The molecule has 0 unspecified atom stereocenters. The van der Waals surface area contributed by atoms with E-state index in [0.717, 1.165) is 39.2 Å². The number of aryl methyl sites for hydroxylation is 2. The predicted octanol–water partition coefficient (Wildman–Crippen LogP) is 6.17. The molecule has 1 aromatic heterocycles. The fourth-order valence-electron chi connectivity index (χ4n) is 3.39. The number of carbonyl (C=O) groups excluding carboxylic acids is 1. The fraction of sp³-hybridized carbons (Fsp3) is 0.154. The number of fused-ring (bicyclic) bond motifs is 1. The SMILES string of the molecule is CCOc1cc(-c2ccccc2)nc2ccc(C(=O)Nc3ccc(C)c(C)c3)cc12. The molecule has 0 radical (unpaired) electrons. The lowest BCUT2D eigenvalue weighted by Crippen LogP contribution is -2.12. The highest BCUT2D eigenvalue weighted by Crippen LogP contribution is 2.31. The van der Waals surface area contributed by atoms with Gasteiger partial charge in [-0.2, -0.15) is 0 Å². The summed E-state index contributed by atoms with van der Waals surface area (Å²) >= 11 is 0. The van der Waals surface area contributed by atoms with Crippen LogP contribution in [0.25, 0.3) is 22.2 Å². The van der Waals surface area contributed by atoms with Crippen LogP contribution in [0.3, 0.4) is 0 Å². The van der Waals surface area contributed by atoms with Crippen molar-refractivity contribution in [1.29, 1.82) is 0 Å². The third kappa shape index (κ3) is 4.03. The number of pyridine rings is 1. The first-order valence-electron chi connectivity index (χ1n) is 10.1. The molecular formula is C26H24N2O2. The molecule has 0 saturated heterocycles. The van der Waals surface area contributed by atoms with Crippen molar-refractivity contribution < 1.29 is 9.53 Å². The number of hydrogen-bond donors (Lipinski definition) is 1. The van der Waals surface area contributed by atoms with Gasteiger partial charge in [0.2, 0.25) is 0 Å². The standard InChI is InChI=1S/C26H24N2O2/c1-4-30-25-16-24(19-8-6-5-7-9-19)28-23-13-11-20(15-22(23)25)26(29)27-21-12-10-17(2)18(3)14-21/h5-16H,4H2,1-3H3,(H,27,29). The van der Waals surface area contributed by atoms with Crippen molar-refractivity contribution in [1.82, 2.24) is 4.98 Å². The average Bonchev–Trinajstić information content (AvgIpc) is 2.76. The van der Waals surface area contributed by atoms with E-state index in [1.807, 2.05) is 80.6 Å². The molecule has 30 heavy (non-hydrogen) atoms. The molecule has 0 saturated carbocycles. The van der Waals surface area contributed by atoms with Crippen molar-refractivity contribution in [2.24, 2.45) is 0 Å². The van der Waals surface area contributed by atoms with Crippen molar-refractivity contribution in [3.63, 3.8) is 0 Å². The first-order valence-corrected chi connectivity index (χ1v) is 10.1. The van der Waals surface area contributed by atoms with E-state index < -0.39 is 0 Å². The molecule has 1 N–H and O–H groups in total. The van der Waals surface area contributed by atoms with E-state index >= 15 is 0 Å². The van der Waals surface area contributed by atoms with Crippen LogP contribution in [-0.2, 0) is 0 Å². The van der Waals surface area contributed by atoms with Crippen LogP contribution in [0.2, 0.25) is 0 Å². The summed E-state index contributed by atoms with van der Waals surface area (Å²) in [6.45, 7) is 6.57. The highest BCUT2D eigenvalue weighted by Gasteiger charge is 2.13. The highest BCUT2D eigenvalue weighted by atomic mass is 16.5. The van der Waals surface area contributed by atoms with Gasteiger partial charge in [0, 0.05) is 28.3 Å². The van der Waals surface area contributed by atoms with Gasteiger partial charge in [-0.05, 0) is 62.2 Å². The number of rotatable bonds is 5. The molecule has 0 aliphatic heterocycles. The maximum atomic E-state index is 12.8. The molecule has 0 spiro atoms. The van der Waals surface area contributed by atoms with Crippen LogP contribution in [0.15, 0.2) is 72.8 Å². The molecule has 0 aliphatic carbocycles. The van der Waals surface area contributed by atoms with Crippen LogP contribution >= 0.6 is 0 Å². The number of ether oxygens (including phenoxy) is 1. The second kappa shape index (κ2) is 8.37. The van der Waals surface area contributed by atoms with Gasteiger partial charge in [-0.3, -0.25) is 4.79 Å². The summed E-state index contributed by atoms with van der Waals surface area (Å²) in [6, 6.07) is 23.4. The molecule has 150 valence electrons. The molecule has 4 heteroatoms. The maximum Gasteiger partial charge on any atom is 0.255 e. The zero-order valence-electron chi connectivity index (χ0n) is 17.4. The molecule has 0 fully saturated rings. The minimum Gasteiger partial charge on any atom is -0.493 e. The second-order valence-corrected chi connectivity index (χ2v) is 7.29. The summed E-state index contributed by atoms with van der Waals surface area (Å²) in [5.41, 5.74) is 6.35. The van der Waals surface area contributed by atoms with E-state index in [-0.39, 0.29) is 5.91 Å². The van der Waals surface area contributed by atoms with Crippen molar-refractivity contribution in [2.75, 3.05) is 11.9 Å². The van der Waals surface area contributed by atoms with Crippen LogP contribution in [0, 0.1) is 13.8 Å². The number of anilines is 1. The van der Waals surface area contributed by atoms with Gasteiger partial charge < -0.3 is 10.1 Å². The number of nitrogens with one attached hydrogen (secondary N) is 1. The summed E-state index contributed by atoms with van der Waals surface area (Å²) in [5, 5.41) is 3.80. The molecular weight excluding hydrogens is 372 g/mol. The Bertz CT molecular complexity index is 1220. The Morgan fingerprint density at radius 2 is 1.73 bits per heavy atom. The summed E-state index contributed by atoms with van der Waals surface area (Å²) in [7, 11) is 0. The Kier molecular flexibility index (Phi) is 5.48. The van der Waals surface area contributed by atoms with Crippen LogP contribution in [-0.4, -0.2) is 17.5 Å². The van der Waals surface area contributed by atoms with E-state index in [1.165, 1.54) is 5.56 Å². The zero-order chi connectivity index (χ0) is 21.1. The molecule has 3 aromatic carbocycles. The lowest BCUT2D eigenvalue weighted by atomic mass is 10.1. The zero-order valence-corrected chi connectivity index (χ0v) is 17.4. The number of nitrogens with zero attached hydrogens (tertiary/aromatic N) is 1. The van der Waals surface area contributed by atoms with Crippen LogP contribution in [0.1, 0.15) is 28.4 Å². The summed E-state index contributed by atoms with van der Waals surface area (Å²) in [5.74, 6) is 0.567. The van der Waals surface area contributed by atoms with Gasteiger partial charge in [-0.1, -0.05) is 36.4 Å². The fourth-order valence-corrected chi connectivity index (χ4v) is 3.39. The third-order valence-electron chi connectivity index (χ3n) is 5.17. The highest BCUT2D eigenvalue weighted by molar-refractivity contribution is 6.07. The molecule has 4 nitrogen and oxygen atoms in total. The second-order valence-electron chi connectivity index (χ2n) is 7.29. The lowest BCUT2D eigenvalue weighted by Gasteiger charge is -2.12. The Morgan fingerprint density at radius 3 is 2.47 bits per heavy atom. The van der Waals surface area contributed by atoms with Gasteiger partial charge in [-0.25, -0.2) is 4.98 Å².